The maximum Gasteiger partial charge on any atom is 0.0541 e. The summed E-state index contributed by atoms with van der Waals surface area (Å²) < 4.78 is 2.41. The highest BCUT2D eigenvalue weighted by Gasteiger charge is 2.19. The molecule has 0 unspecified atom stereocenters. The quantitative estimate of drug-likeness (QED) is 0.181. The van der Waals surface area contributed by atoms with Gasteiger partial charge in [-0.25, -0.2) is 0 Å². The van der Waals surface area contributed by atoms with Gasteiger partial charge in [-0.3, -0.25) is 0 Å². The number of aryl methyl sites for hydroxylation is 1. The smallest absolute Gasteiger partial charge is 0.0541 e. The van der Waals surface area contributed by atoms with E-state index in [-0.39, 0.29) is 0 Å². The van der Waals surface area contributed by atoms with Crippen molar-refractivity contribution in [3.8, 4) is 27.9 Å². The molecule has 0 spiro atoms. The van der Waals surface area contributed by atoms with Crippen molar-refractivity contribution in [1.82, 2.24) is 4.57 Å². The van der Waals surface area contributed by atoms with Crippen LogP contribution in [0.1, 0.15) is 29.5 Å². The van der Waals surface area contributed by atoms with Crippen molar-refractivity contribution in [2.45, 2.75) is 19.8 Å². The first-order chi connectivity index (χ1) is 25.2. The number of nitrogens with one attached hydrogen (secondary N) is 1. The minimum absolute atomic E-state index is 0.949. The Morgan fingerprint density at radius 1 is 0.451 bits per heavy atom. The molecule has 1 aliphatic rings. The minimum Gasteiger partial charge on any atom is -0.358 e. The van der Waals surface area contributed by atoms with Gasteiger partial charge in [0, 0.05) is 33.4 Å². The highest BCUT2D eigenvalue weighted by molar-refractivity contribution is 6.10. The number of benzene rings is 7. The van der Waals surface area contributed by atoms with Crippen LogP contribution in [-0.4, -0.2) is 4.57 Å². The zero-order valence-electron chi connectivity index (χ0n) is 28.7. The largest absolute Gasteiger partial charge is 0.358 e. The number of fused-ring (bicyclic) bond motifs is 3. The van der Waals surface area contributed by atoms with Crippen molar-refractivity contribution >= 4 is 38.6 Å². The number of anilines is 1. The van der Waals surface area contributed by atoms with Gasteiger partial charge in [0.1, 0.15) is 0 Å². The van der Waals surface area contributed by atoms with Crippen molar-refractivity contribution in [3.63, 3.8) is 0 Å². The van der Waals surface area contributed by atoms with Crippen molar-refractivity contribution < 1.29 is 0 Å². The van der Waals surface area contributed by atoms with Crippen LogP contribution in [0, 0.1) is 6.92 Å². The van der Waals surface area contributed by atoms with Crippen LogP contribution in [0.15, 0.2) is 188 Å². The van der Waals surface area contributed by atoms with Gasteiger partial charge in [0.25, 0.3) is 0 Å². The van der Waals surface area contributed by atoms with Gasteiger partial charge in [-0.1, -0.05) is 133 Å². The van der Waals surface area contributed by atoms with Crippen LogP contribution in [0.2, 0.25) is 0 Å². The molecule has 2 nitrogen and oxygen atoms in total. The Balaban J connectivity index is 1.10. The van der Waals surface area contributed by atoms with Gasteiger partial charge in [0.05, 0.1) is 11.0 Å². The molecule has 51 heavy (non-hydrogen) atoms. The molecule has 8 aromatic rings. The Hall–Kier alpha value is -6.38. The highest BCUT2D eigenvalue weighted by Crippen LogP contribution is 2.39. The second-order valence-corrected chi connectivity index (χ2v) is 13.5. The second-order valence-electron chi connectivity index (χ2n) is 13.5. The molecule has 1 aliphatic carbocycles. The Labute approximate surface area is 299 Å². The standard InChI is InChI=1S/C49H38N2/c1-34-12-10-17-41(30-34)45-32-39(24-28-47(45)50-42-18-6-3-7-19-42)40-25-29-49-46(33-40)44-20-8-9-21-48(44)51(49)43-26-22-36(23-27-43)38-16-11-15-37(31-38)35-13-4-2-5-14-35/h2-23,25-27,29-33,50H,24,28H2,1H3. The average molecular weight is 655 g/mol. The van der Waals surface area contributed by atoms with Crippen molar-refractivity contribution in [2.75, 3.05) is 5.32 Å². The van der Waals surface area contributed by atoms with Crippen LogP contribution in [0.25, 0.3) is 60.9 Å². The van der Waals surface area contributed by atoms with Crippen molar-refractivity contribution in [3.05, 3.63) is 204 Å². The summed E-state index contributed by atoms with van der Waals surface area (Å²) >= 11 is 0. The van der Waals surface area contributed by atoms with Gasteiger partial charge >= 0.3 is 0 Å². The van der Waals surface area contributed by atoms with Gasteiger partial charge < -0.3 is 9.88 Å². The number of para-hydroxylation sites is 2. The van der Waals surface area contributed by atoms with Gasteiger partial charge in [-0.15, -0.1) is 0 Å². The van der Waals surface area contributed by atoms with Gasteiger partial charge in [0.2, 0.25) is 0 Å². The normalized spacial score (nSPS) is 13.1. The molecule has 0 amide bonds. The fourth-order valence-corrected chi connectivity index (χ4v) is 7.61. The van der Waals surface area contributed by atoms with Crippen LogP contribution in [0.5, 0.6) is 0 Å². The van der Waals surface area contributed by atoms with Gasteiger partial charge in [-0.2, -0.15) is 0 Å². The summed E-state index contributed by atoms with van der Waals surface area (Å²) in [5.41, 5.74) is 17.3. The van der Waals surface area contributed by atoms with E-state index in [4.69, 9.17) is 0 Å². The Kier molecular flexibility index (Phi) is 7.91. The zero-order valence-corrected chi connectivity index (χ0v) is 28.7. The first kappa shape index (κ1) is 30.7. The molecule has 0 saturated heterocycles. The lowest BCUT2D eigenvalue weighted by Crippen LogP contribution is -2.07. The van der Waals surface area contributed by atoms with Gasteiger partial charge in [-0.05, 0) is 113 Å². The number of nitrogens with zero attached hydrogens (tertiary/aromatic N) is 1. The molecular weight excluding hydrogens is 617 g/mol. The number of allylic oxidation sites excluding steroid dienone is 4. The third-order valence-electron chi connectivity index (χ3n) is 10.2. The fraction of sp³-hybridized carbons (Fsp3) is 0.0612. The Morgan fingerprint density at radius 3 is 1.86 bits per heavy atom. The molecule has 0 bridgehead atoms. The lowest BCUT2D eigenvalue weighted by Gasteiger charge is -2.23. The molecular formula is C49H38N2. The minimum atomic E-state index is 0.949. The average Bonchev–Trinajstić information content (AvgIpc) is 3.52. The Morgan fingerprint density at radius 2 is 1.08 bits per heavy atom. The number of aromatic nitrogens is 1. The van der Waals surface area contributed by atoms with Crippen molar-refractivity contribution in [1.29, 1.82) is 0 Å². The molecule has 0 fully saturated rings. The zero-order chi connectivity index (χ0) is 34.1. The number of hydrogen-bond acceptors (Lipinski definition) is 1. The van der Waals surface area contributed by atoms with Crippen LogP contribution in [0.4, 0.5) is 5.69 Å². The molecule has 1 aromatic heterocycles. The molecule has 0 saturated carbocycles. The third kappa shape index (κ3) is 5.96. The first-order valence-electron chi connectivity index (χ1n) is 17.8. The molecule has 1 heterocycles. The molecule has 1 N–H and O–H groups in total. The first-order valence-corrected chi connectivity index (χ1v) is 17.8. The summed E-state index contributed by atoms with van der Waals surface area (Å²) in [6.45, 7) is 2.17. The van der Waals surface area contributed by atoms with E-state index < -0.39 is 0 Å². The predicted octanol–water partition coefficient (Wildman–Crippen LogP) is 13.1. The molecule has 7 aromatic carbocycles. The molecule has 2 heteroatoms. The highest BCUT2D eigenvalue weighted by atomic mass is 15.0. The second kappa shape index (κ2) is 13.2. The molecule has 0 radical (unpaired) electrons. The summed E-state index contributed by atoms with van der Waals surface area (Å²) in [5, 5.41) is 6.30. The van der Waals surface area contributed by atoms with Crippen LogP contribution >= 0.6 is 0 Å². The molecule has 9 rings (SSSR count). The molecule has 0 aliphatic heterocycles. The van der Waals surface area contributed by atoms with E-state index >= 15 is 0 Å². The van der Waals surface area contributed by atoms with E-state index in [1.807, 2.05) is 0 Å². The summed E-state index contributed by atoms with van der Waals surface area (Å²) in [5.74, 6) is 0. The Bertz CT molecular complexity index is 2590. The fourth-order valence-electron chi connectivity index (χ4n) is 7.61. The van der Waals surface area contributed by atoms with Crippen molar-refractivity contribution in [2.24, 2.45) is 0 Å². The van der Waals surface area contributed by atoms with E-state index in [9.17, 15) is 0 Å². The van der Waals surface area contributed by atoms with Crippen LogP contribution in [-0.2, 0) is 0 Å². The number of hydrogen-bond donors (Lipinski definition) is 1. The lowest BCUT2D eigenvalue weighted by atomic mass is 9.87. The third-order valence-corrected chi connectivity index (χ3v) is 10.2. The monoisotopic (exact) mass is 654 g/mol. The predicted molar refractivity (Wildman–Crippen MR) is 217 cm³/mol. The van der Waals surface area contributed by atoms with E-state index in [1.54, 1.807) is 0 Å². The van der Waals surface area contributed by atoms with Crippen LogP contribution < -0.4 is 5.32 Å². The SMILES string of the molecule is Cc1cccc(C2=C(Nc3ccccc3)CCC(c3ccc4c(c3)c3ccccc3n4-c3ccc(-c4cccc(-c5ccccc5)c4)cc3)=C2)c1. The topological polar surface area (TPSA) is 17.0 Å². The number of rotatable bonds is 7. The van der Waals surface area contributed by atoms with Crippen LogP contribution in [0.3, 0.4) is 0 Å². The lowest BCUT2D eigenvalue weighted by molar-refractivity contribution is 0.987. The maximum atomic E-state index is 3.75. The van der Waals surface area contributed by atoms with E-state index in [0.29, 0.717) is 0 Å². The maximum absolute atomic E-state index is 3.75. The molecule has 244 valence electrons. The summed E-state index contributed by atoms with van der Waals surface area (Å²) in [6, 6.07) is 63.6. The van der Waals surface area contributed by atoms with Gasteiger partial charge in [0.15, 0.2) is 0 Å². The van der Waals surface area contributed by atoms with E-state index in [0.717, 1.165) is 24.2 Å². The summed E-state index contributed by atoms with van der Waals surface area (Å²) in [4.78, 5) is 0. The molecule has 0 atom stereocenters. The summed E-state index contributed by atoms with van der Waals surface area (Å²) in [7, 11) is 0. The summed E-state index contributed by atoms with van der Waals surface area (Å²) in [6.07, 6.45) is 4.33. The van der Waals surface area contributed by atoms with E-state index in [1.165, 1.54) is 77.6 Å². The van der Waals surface area contributed by atoms with E-state index in [2.05, 4.69) is 199 Å².